The van der Waals surface area contributed by atoms with E-state index in [1.165, 1.54) is 0 Å². The number of fused-ring (bicyclic) bond motifs is 2. The van der Waals surface area contributed by atoms with Crippen molar-refractivity contribution in [3.8, 4) is 0 Å². The minimum atomic E-state index is -0.596. The topological polar surface area (TPSA) is 56.3 Å². The van der Waals surface area contributed by atoms with Crippen molar-refractivity contribution in [2.75, 3.05) is 0 Å². The van der Waals surface area contributed by atoms with Crippen LogP contribution in [0.1, 0.15) is 25.7 Å². The number of rotatable bonds is 0. The Morgan fingerprint density at radius 1 is 1.16 bits per heavy atom. The Bertz CT molecular complexity index is 894. The summed E-state index contributed by atoms with van der Waals surface area (Å²) in [5, 5.41) is 2.50. The molecule has 2 heterocycles. The van der Waals surface area contributed by atoms with Gasteiger partial charge in [0.05, 0.1) is 26.4 Å². The zero-order valence-corrected chi connectivity index (χ0v) is 10.7. The lowest BCUT2D eigenvalue weighted by Gasteiger charge is -2.15. The molecule has 1 aliphatic heterocycles. The summed E-state index contributed by atoms with van der Waals surface area (Å²) in [5.74, 6) is -1.18. The van der Waals surface area contributed by atoms with Crippen LogP contribution in [0.2, 0.25) is 0 Å². The third kappa shape index (κ3) is 1.30. The zero-order chi connectivity index (χ0) is 13.1. The van der Waals surface area contributed by atoms with E-state index >= 15 is 0 Å². The Hall–Kier alpha value is -2.27. The summed E-state index contributed by atoms with van der Waals surface area (Å²) in [5.41, 5.74) is 1.64. The molecule has 0 unspecified atom stereocenters. The van der Waals surface area contributed by atoms with Gasteiger partial charge in [-0.05, 0) is 19.1 Å². The van der Waals surface area contributed by atoms with Gasteiger partial charge in [-0.1, -0.05) is 12.1 Å². The van der Waals surface area contributed by atoms with Crippen LogP contribution in [0.25, 0.3) is 21.0 Å². The van der Waals surface area contributed by atoms with Crippen LogP contribution in [0, 0.1) is 6.92 Å². The van der Waals surface area contributed by atoms with Gasteiger partial charge in [0.2, 0.25) is 0 Å². The van der Waals surface area contributed by atoms with E-state index in [-0.39, 0.29) is 0 Å². The Morgan fingerprint density at radius 3 is 2.79 bits per heavy atom. The number of carbonyl (C=O) groups is 2. The fourth-order valence-electron chi connectivity index (χ4n) is 2.50. The molecule has 0 fully saturated rings. The molecule has 0 N–H and O–H groups in total. The van der Waals surface area contributed by atoms with Crippen molar-refractivity contribution in [3.05, 3.63) is 40.4 Å². The van der Waals surface area contributed by atoms with Crippen molar-refractivity contribution in [1.82, 2.24) is 4.98 Å². The number of benzene rings is 2. The van der Waals surface area contributed by atoms with Gasteiger partial charge in [-0.25, -0.2) is 14.6 Å². The summed E-state index contributed by atoms with van der Waals surface area (Å²) < 4.78 is 5.76. The summed E-state index contributed by atoms with van der Waals surface area (Å²) in [7, 11) is 0. The first-order chi connectivity index (χ1) is 9.15. The van der Waals surface area contributed by atoms with E-state index in [4.69, 9.17) is 4.74 Å². The van der Waals surface area contributed by atoms with E-state index < -0.39 is 11.9 Å². The monoisotopic (exact) mass is 269 g/mol. The predicted octanol–water partition coefficient (Wildman–Crippen LogP) is 3.07. The van der Waals surface area contributed by atoms with E-state index in [0.717, 1.165) is 20.6 Å². The third-order valence-electron chi connectivity index (χ3n) is 3.25. The van der Waals surface area contributed by atoms with Crippen molar-refractivity contribution < 1.29 is 14.3 Å². The minimum Gasteiger partial charge on any atom is -0.386 e. The quantitative estimate of drug-likeness (QED) is 0.465. The van der Waals surface area contributed by atoms with Crippen LogP contribution >= 0.6 is 11.3 Å². The average molecular weight is 269 g/mol. The van der Waals surface area contributed by atoms with Crippen molar-refractivity contribution in [3.63, 3.8) is 0 Å². The molecule has 3 aromatic rings. The van der Waals surface area contributed by atoms with Crippen LogP contribution in [-0.2, 0) is 4.74 Å². The van der Waals surface area contributed by atoms with Crippen molar-refractivity contribution in [1.29, 1.82) is 0 Å². The lowest BCUT2D eigenvalue weighted by molar-refractivity contribution is 0.0391. The van der Waals surface area contributed by atoms with Crippen molar-refractivity contribution >= 4 is 44.3 Å². The number of nitrogens with zero attached hydrogens (tertiary/aromatic N) is 1. The third-order valence-corrected chi connectivity index (χ3v) is 4.26. The SMILES string of the molecule is Cc1nc2cc3c4c(cccc4c2s1)C(=O)OC3=O. The molecule has 2 aromatic carbocycles. The van der Waals surface area contributed by atoms with Crippen LogP contribution in [0.3, 0.4) is 0 Å². The molecule has 0 atom stereocenters. The van der Waals surface area contributed by atoms with E-state index in [1.54, 1.807) is 29.5 Å². The van der Waals surface area contributed by atoms with Crippen LogP contribution in [0.4, 0.5) is 0 Å². The Balaban J connectivity index is 2.33. The Kier molecular flexibility index (Phi) is 1.90. The van der Waals surface area contributed by atoms with E-state index in [2.05, 4.69) is 4.98 Å². The molecule has 0 saturated carbocycles. The summed E-state index contributed by atoms with van der Waals surface area (Å²) in [6.07, 6.45) is 0. The van der Waals surface area contributed by atoms with Gasteiger partial charge in [0.15, 0.2) is 0 Å². The molecule has 1 aromatic heterocycles. The molecule has 92 valence electrons. The van der Waals surface area contributed by atoms with Crippen molar-refractivity contribution in [2.24, 2.45) is 0 Å². The number of carbonyl (C=O) groups excluding carboxylic acids is 2. The van der Waals surface area contributed by atoms with Gasteiger partial charge in [0.1, 0.15) is 0 Å². The average Bonchev–Trinajstić information content (AvgIpc) is 2.76. The second-order valence-electron chi connectivity index (χ2n) is 4.41. The van der Waals surface area contributed by atoms with Gasteiger partial charge >= 0.3 is 11.9 Å². The summed E-state index contributed by atoms with van der Waals surface area (Å²) in [6, 6.07) is 7.10. The first kappa shape index (κ1) is 10.6. The molecular weight excluding hydrogens is 262 g/mol. The van der Waals surface area contributed by atoms with Gasteiger partial charge in [0, 0.05) is 10.8 Å². The Labute approximate surface area is 111 Å². The van der Waals surface area contributed by atoms with E-state index in [0.29, 0.717) is 16.5 Å². The highest BCUT2D eigenvalue weighted by atomic mass is 32.1. The summed E-state index contributed by atoms with van der Waals surface area (Å²) >= 11 is 1.56. The maximum absolute atomic E-state index is 11.9. The maximum Gasteiger partial charge on any atom is 0.346 e. The number of esters is 2. The molecular formula is C14H7NO3S. The highest BCUT2D eigenvalue weighted by molar-refractivity contribution is 7.19. The number of hydrogen-bond acceptors (Lipinski definition) is 5. The van der Waals surface area contributed by atoms with Crippen LogP contribution < -0.4 is 0 Å². The lowest BCUT2D eigenvalue weighted by Crippen LogP contribution is -2.19. The smallest absolute Gasteiger partial charge is 0.346 e. The van der Waals surface area contributed by atoms with Crippen LogP contribution in [-0.4, -0.2) is 16.9 Å². The fraction of sp³-hybridized carbons (Fsp3) is 0.0714. The zero-order valence-electron chi connectivity index (χ0n) is 9.89. The largest absolute Gasteiger partial charge is 0.386 e. The maximum atomic E-state index is 11.9. The molecule has 0 spiro atoms. The number of thiazole rings is 1. The predicted molar refractivity (Wildman–Crippen MR) is 71.6 cm³/mol. The molecule has 4 rings (SSSR count). The van der Waals surface area contributed by atoms with E-state index in [9.17, 15) is 9.59 Å². The molecule has 0 bridgehead atoms. The van der Waals surface area contributed by atoms with Crippen LogP contribution in [0.15, 0.2) is 24.3 Å². The minimum absolute atomic E-state index is 0.419. The van der Waals surface area contributed by atoms with Gasteiger partial charge in [-0.15, -0.1) is 11.3 Å². The highest BCUT2D eigenvalue weighted by Gasteiger charge is 2.28. The molecule has 19 heavy (non-hydrogen) atoms. The second-order valence-corrected chi connectivity index (χ2v) is 5.61. The van der Waals surface area contributed by atoms with Gasteiger partial charge < -0.3 is 4.74 Å². The molecule has 1 aliphatic rings. The summed E-state index contributed by atoms with van der Waals surface area (Å²) in [6.45, 7) is 1.92. The lowest BCUT2D eigenvalue weighted by atomic mass is 9.97. The molecule has 0 saturated heterocycles. The normalized spacial score (nSPS) is 14.2. The van der Waals surface area contributed by atoms with Crippen molar-refractivity contribution in [2.45, 2.75) is 6.92 Å². The number of cyclic esters (lactones) is 2. The standard InChI is InChI=1S/C14H7NO3S/c1-6-15-10-5-9-11-7(12(10)19-6)3-2-4-8(11)13(16)18-14(9)17/h2-5H,1H3. The Morgan fingerprint density at radius 2 is 1.95 bits per heavy atom. The number of hydrogen-bond donors (Lipinski definition) is 0. The summed E-state index contributed by atoms with van der Waals surface area (Å²) in [4.78, 5) is 28.0. The van der Waals surface area contributed by atoms with Gasteiger partial charge in [-0.3, -0.25) is 0 Å². The van der Waals surface area contributed by atoms with E-state index in [1.807, 2.05) is 13.0 Å². The van der Waals surface area contributed by atoms with Crippen LogP contribution in [0.5, 0.6) is 0 Å². The number of aryl methyl sites for hydroxylation is 1. The highest BCUT2D eigenvalue weighted by Crippen LogP contribution is 2.36. The first-order valence-electron chi connectivity index (χ1n) is 5.74. The first-order valence-corrected chi connectivity index (χ1v) is 6.56. The van der Waals surface area contributed by atoms with Gasteiger partial charge in [0.25, 0.3) is 0 Å². The molecule has 4 nitrogen and oxygen atoms in total. The molecule has 0 aliphatic carbocycles. The fourth-order valence-corrected chi connectivity index (χ4v) is 3.43. The molecule has 0 amide bonds. The molecule has 0 radical (unpaired) electrons. The second kappa shape index (κ2) is 3.39. The number of aromatic nitrogens is 1. The molecule has 5 heteroatoms. The number of ether oxygens (including phenoxy) is 1. The van der Waals surface area contributed by atoms with Gasteiger partial charge in [-0.2, -0.15) is 0 Å².